The lowest BCUT2D eigenvalue weighted by Crippen LogP contribution is -2.23. The number of aliphatic hydroxyl groups is 2. The molecule has 0 aliphatic carbocycles. The smallest absolute Gasteiger partial charge is 0.298 e. The van der Waals surface area contributed by atoms with Crippen molar-refractivity contribution in [2.24, 2.45) is 0 Å². The summed E-state index contributed by atoms with van der Waals surface area (Å²) >= 11 is 5.28. The highest BCUT2D eigenvalue weighted by molar-refractivity contribution is 6.31. The van der Waals surface area contributed by atoms with Crippen molar-refractivity contribution in [3.05, 3.63) is 32.8 Å². The summed E-state index contributed by atoms with van der Waals surface area (Å²) in [4.78, 5) is 9.64. The minimum absolute atomic E-state index is 0.351. The van der Waals surface area contributed by atoms with Crippen molar-refractivity contribution in [2.45, 2.75) is 6.10 Å². The Morgan fingerprint density at radius 2 is 2.17 bits per heavy atom. The van der Waals surface area contributed by atoms with Gasteiger partial charge in [-0.3, -0.25) is 10.1 Å². The first-order valence-electron chi connectivity index (χ1n) is 4.73. The Hall–Kier alpha value is -1.51. The van der Waals surface area contributed by atoms with Crippen LogP contribution in [0.3, 0.4) is 0 Å². The molecule has 0 aliphatic heterocycles. The second-order valence-electron chi connectivity index (χ2n) is 3.35. The maximum Gasteiger partial charge on any atom is 0.298 e. The van der Waals surface area contributed by atoms with Gasteiger partial charge in [-0.05, 0) is 0 Å². The number of benzene rings is 1. The molecule has 0 saturated heterocycles. The molecule has 3 N–H and O–H groups in total. The van der Waals surface area contributed by atoms with E-state index in [0.717, 1.165) is 0 Å². The average molecular weight is 283 g/mol. The van der Waals surface area contributed by atoms with E-state index in [-0.39, 0.29) is 6.54 Å². The summed E-state index contributed by atoms with van der Waals surface area (Å²) in [5.74, 6) is -2.58. The highest BCUT2D eigenvalue weighted by Crippen LogP contribution is 2.34. The molecule has 0 aromatic heterocycles. The van der Waals surface area contributed by atoms with Crippen LogP contribution in [0.2, 0.25) is 5.02 Å². The fourth-order valence-corrected chi connectivity index (χ4v) is 1.33. The molecule has 0 fully saturated rings. The summed E-state index contributed by atoms with van der Waals surface area (Å²) in [5, 5.41) is 29.6. The fraction of sp³-hybridized carbons (Fsp3) is 0.333. The molecule has 1 unspecified atom stereocenters. The third kappa shape index (κ3) is 3.03. The first kappa shape index (κ1) is 14.6. The number of anilines is 1. The topological polar surface area (TPSA) is 95.6 Å². The van der Waals surface area contributed by atoms with E-state index in [9.17, 15) is 18.9 Å². The molecule has 1 aromatic rings. The molecular formula is C9H9ClF2N2O4. The van der Waals surface area contributed by atoms with Gasteiger partial charge in [0.2, 0.25) is 0 Å². The van der Waals surface area contributed by atoms with E-state index in [1.165, 1.54) is 0 Å². The maximum atomic E-state index is 13.6. The van der Waals surface area contributed by atoms with Gasteiger partial charge in [-0.25, -0.2) is 8.78 Å². The minimum Gasteiger partial charge on any atom is -0.394 e. The van der Waals surface area contributed by atoms with Crippen LogP contribution in [-0.2, 0) is 0 Å². The molecule has 18 heavy (non-hydrogen) atoms. The Balaban J connectivity index is 3.15. The summed E-state index contributed by atoms with van der Waals surface area (Å²) in [7, 11) is 0. The number of nitrogens with one attached hydrogen (secondary N) is 1. The van der Waals surface area contributed by atoms with Crippen LogP contribution in [0.4, 0.5) is 20.2 Å². The van der Waals surface area contributed by atoms with E-state index in [0.29, 0.717) is 6.07 Å². The van der Waals surface area contributed by atoms with Gasteiger partial charge in [0.05, 0.1) is 23.7 Å². The molecule has 0 saturated carbocycles. The van der Waals surface area contributed by atoms with Crippen molar-refractivity contribution in [3.8, 4) is 0 Å². The molecule has 1 atom stereocenters. The van der Waals surface area contributed by atoms with Crippen LogP contribution in [0.25, 0.3) is 0 Å². The summed E-state index contributed by atoms with van der Waals surface area (Å²) in [6, 6.07) is 0.471. The van der Waals surface area contributed by atoms with E-state index in [1.54, 1.807) is 0 Å². The average Bonchev–Trinajstić information content (AvgIpc) is 2.33. The first-order valence-corrected chi connectivity index (χ1v) is 5.11. The predicted octanol–water partition coefficient (Wildman–Crippen LogP) is 1.29. The van der Waals surface area contributed by atoms with Crippen LogP contribution in [0.1, 0.15) is 0 Å². The Bertz CT molecular complexity index is 472. The van der Waals surface area contributed by atoms with E-state index in [4.69, 9.17) is 21.8 Å². The van der Waals surface area contributed by atoms with Crippen LogP contribution >= 0.6 is 11.6 Å². The molecule has 0 bridgehead atoms. The standard InChI is InChI=1S/C9H9ClF2N2O4/c10-7-5(11)1-6(14(17)18)9(8(7)12)13-2-4(16)3-15/h1,4,13,15-16H,2-3H2. The molecule has 0 spiro atoms. The first-order chi connectivity index (χ1) is 8.38. The molecule has 0 heterocycles. The minimum atomic E-state index is -1.33. The van der Waals surface area contributed by atoms with Crippen molar-refractivity contribution in [1.29, 1.82) is 0 Å². The van der Waals surface area contributed by atoms with Crippen molar-refractivity contribution in [1.82, 2.24) is 0 Å². The van der Waals surface area contributed by atoms with E-state index in [2.05, 4.69) is 5.32 Å². The fourth-order valence-electron chi connectivity index (χ4n) is 1.18. The quantitative estimate of drug-likeness (QED) is 0.430. The maximum absolute atomic E-state index is 13.6. The Kier molecular flexibility index (Phi) is 4.76. The number of nitrogens with zero attached hydrogens (tertiary/aromatic N) is 1. The SMILES string of the molecule is O=[N+]([O-])c1cc(F)c(Cl)c(F)c1NCC(O)CO. The molecule has 1 rings (SSSR count). The molecule has 0 aliphatic rings. The van der Waals surface area contributed by atoms with Gasteiger partial charge in [-0.15, -0.1) is 0 Å². The Labute approximate surface area is 105 Å². The molecule has 9 heteroatoms. The number of halogens is 3. The van der Waals surface area contributed by atoms with Crippen LogP contribution in [-0.4, -0.2) is 34.4 Å². The summed E-state index contributed by atoms with van der Waals surface area (Å²) in [5.41, 5.74) is -1.49. The van der Waals surface area contributed by atoms with E-state index >= 15 is 0 Å². The van der Waals surface area contributed by atoms with Crippen molar-refractivity contribution < 1.29 is 23.9 Å². The van der Waals surface area contributed by atoms with Gasteiger partial charge in [-0.2, -0.15) is 0 Å². The molecular weight excluding hydrogens is 274 g/mol. The van der Waals surface area contributed by atoms with Crippen LogP contribution in [0.15, 0.2) is 6.07 Å². The van der Waals surface area contributed by atoms with Gasteiger partial charge >= 0.3 is 0 Å². The summed E-state index contributed by atoms with van der Waals surface area (Å²) in [6.45, 7) is -0.965. The van der Waals surface area contributed by atoms with Gasteiger partial charge < -0.3 is 15.5 Å². The number of hydrogen-bond donors (Lipinski definition) is 3. The van der Waals surface area contributed by atoms with Gasteiger partial charge in [-0.1, -0.05) is 11.6 Å². The zero-order chi connectivity index (χ0) is 13.9. The lowest BCUT2D eigenvalue weighted by atomic mass is 10.2. The summed E-state index contributed by atoms with van der Waals surface area (Å²) < 4.78 is 26.6. The second kappa shape index (κ2) is 5.89. The van der Waals surface area contributed by atoms with Gasteiger partial charge in [0.15, 0.2) is 17.3 Å². The van der Waals surface area contributed by atoms with Crippen molar-refractivity contribution in [2.75, 3.05) is 18.5 Å². The third-order valence-corrected chi connectivity index (χ3v) is 2.41. The Morgan fingerprint density at radius 1 is 1.56 bits per heavy atom. The highest BCUT2D eigenvalue weighted by atomic mass is 35.5. The van der Waals surface area contributed by atoms with Crippen molar-refractivity contribution in [3.63, 3.8) is 0 Å². The van der Waals surface area contributed by atoms with Crippen LogP contribution in [0.5, 0.6) is 0 Å². The van der Waals surface area contributed by atoms with E-state index in [1.807, 2.05) is 0 Å². The van der Waals surface area contributed by atoms with Gasteiger partial charge in [0.25, 0.3) is 5.69 Å². The predicted molar refractivity (Wildman–Crippen MR) is 59.6 cm³/mol. The number of nitro groups is 1. The zero-order valence-corrected chi connectivity index (χ0v) is 9.62. The van der Waals surface area contributed by atoms with Crippen molar-refractivity contribution >= 4 is 23.0 Å². The molecule has 6 nitrogen and oxygen atoms in total. The molecule has 0 radical (unpaired) electrons. The van der Waals surface area contributed by atoms with Crippen LogP contribution < -0.4 is 5.32 Å². The molecule has 0 amide bonds. The summed E-state index contributed by atoms with van der Waals surface area (Å²) in [6.07, 6.45) is -1.24. The van der Waals surface area contributed by atoms with Gasteiger partial charge in [0.1, 0.15) is 5.02 Å². The number of hydrogen-bond acceptors (Lipinski definition) is 5. The highest BCUT2D eigenvalue weighted by Gasteiger charge is 2.24. The number of nitro benzene ring substituents is 1. The second-order valence-corrected chi connectivity index (χ2v) is 3.73. The van der Waals surface area contributed by atoms with Crippen LogP contribution in [0, 0.1) is 21.7 Å². The zero-order valence-electron chi connectivity index (χ0n) is 8.86. The lowest BCUT2D eigenvalue weighted by Gasteiger charge is -2.12. The lowest BCUT2D eigenvalue weighted by molar-refractivity contribution is -0.384. The van der Waals surface area contributed by atoms with E-state index < -0.39 is 45.7 Å². The number of rotatable bonds is 5. The number of aliphatic hydroxyl groups excluding tert-OH is 2. The van der Waals surface area contributed by atoms with Gasteiger partial charge in [0, 0.05) is 6.54 Å². The Morgan fingerprint density at radius 3 is 2.67 bits per heavy atom. The third-order valence-electron chi connectivity index (χ3n) is 2.06. The monoisotopic (exact) mass is 282 g/mol. The molecule has 100 valence electrons. The molecule has 1 aromatic carbocycles. The normalized spacial score (nSPS) is 12.3. The largest absolute Gasteiger partial charge is 0.394 e.